The van der Waals surface area contributed by atoms with E-state index in [1.165, 1.54) is 0 Å². The van der Waals surface area contributed by atoms with Crippen molar-refractivity contribution in [2.45, 2.75) is 33.1 Å². The normalized spacial score (nSPS) is 17.1. The van der Waals surface area contributed by atoms with E-state index >= 15 is 0 Å². The van der Waals surface area contributed by atoms with Crippen LogP contribution in [0.4, 0.5) is 0 Å². The molecule has 0 spiro atoms. The van der Waals surface area contributed by atoms with Gasteiger partial charge in [0, 0.05) is 25.2 Å². The van der Waals surface area contributed by atoms with Gasteiger partial charge in [0.1, 0.15) is 0 Å². The van der Waals surface area contributed by atoms with E-state index in [1.54, 1.807) is 0 Å². The van der Waals surface area contributed by atoms with E-state index in [2.05, 4.69) is 10.2 Å². The fraction of sp³-hybridized carbons (Fsp3) is 0.615. The quantitative estimate of drug-likeness (QED) is 0.751. The number of aryl methyl sites for hydroxylation is 2. The number of hydrogen-bond donors (Lipinski definition) is 0. The molecule has 0 N–H and O–H groups in total. The summed E-state index contributed by atoms with van der Waals surface area (Å²) in [7, 11) is 0. The molecule has 1 fully saturated rings. The Morgan fingerprint density at radius 1 is 1.35 bits per heavy atom. The lowest BCUT2D eigenvalue weighted by molar-refractivity contribution is 0.0600. The molecule has 0 radical (unpaired) electrons. The second kappa shape index (κ2) is 5.36. The highest BCUT2D eigenvalue weighted by Crippen LogP contribution is 2.21. The van der Waals surface area contributed by atoms with Crippen LogP contribution in [0.25, 0.3) is 0 Å². The number of carbonyl (C=O) groups is 1. The van der Waals surface area contributed by atoms with E-state index in [0.29, 0.717) is 12.3 Å². The molecule has 1 saturated heterocycles. The van der Waals surface area contributed by atoms with E-state index in [9.17, 15) is 4.79 Å². The lowest BCUT2D eigenvalue weighted by Crippen LogP contribution is -2.19. The zero-order valence-corrected chi connectivity index (χ0v) is 10.4. The average Bonchev–Trinajstić information content (AvgIpc) is 2.33. The van der Waals surface area contributed by atoms with Gasteiger partial charge in [0.05, 0.1) is 11.4 Å². The molecule has 0 unspecified atom stereocenters. The molecule has 0 atom stereocenters. The summed E-state index contributed by atoms with van der Waals surface area (Å²) in [5.41, 5.74) is 2.25. The second-order valence-electron chi connectivity index (χ2n) is 4.67. The third-order valence-corrected chi connectivity index (χ3v) is 3.22. The van der Waals surface area contributed by atoms with Gasteiger partial charge in [-0.25, -0.2) is 0 Å². The number of ether oxygens (including phenoxy) is 1. The summed E-state index contributed by atoms with van der Waals surface area (Å²) >= 11 is 0. The van der Waals surface area contributed by atoms with Crippen molar-refractivity contribution >= 4 is 5.78 Å². The van der Waals surface area contributed by atoms with Crippen LogP contribution >= 0.6 is 0 Å². The maximum atomic E-state index is 12.2. The van der Waals surface area contributed by atoms with Crippen molar-refractivity contribution in [1.82, 2.24) is 10.2 Å². The number of ketones is 1. The first-order chi connectivity index (χ1) is 8.16. The van der Waals surface area contributed by atoms with Gasteiger partial charge in [0.15, 0.2) is 5.78 Å². The maximum absolute atomic E-state index is 12.2. The molecule has 1 aliphatic heterocycles. The summed E-state index contributed by atoms with van der Waals surface area (Å²) in [5, 5.41) is 7.94. The smallest absolute Gasteiger partial charge is 0.165 e. The van der Waals surface area contributed by atoms with Gasteiger partial charge < -0.3 is 4.74 Å². The maximum Gasteiger partial charge on any atom is 0.165 e. The lowest BCUT2D eigenvalue weighted by atomic mass is 9.91. The van der Waals surface area contributed by atoms with E-state index in [0.717, 1.165) is 43.0 Å². The fourth-order valence-corrected chi connectivity index (χ4v) is 2.15. The van der Waals surface area contributed by atoms with Crippen LogP contribution in [0, 0.1) is 19.8 Å². The van der Waals surface area contributed by atoms with Gasteiger partial charge in [-0.2, -0.15) is 10.2 Å². The van der Waals surface area contributed by atoms with Crippen LogP contribution in [0.15, 0.2) is 6.07 Å². The second-order valence-corrected chi connectivity index (χ2v) is 4.67. The van der Waals surface area contributed by atoms with Crippen LogP contribution in [0.1, 0.15) is 41.0 Å². The van der Waals surface area contributed by atoms with Crippen LogP contribution in [0.2, 0.25) is 0 Å². The fourth-order valence-electron chi connectivity index (χ4n) is 2.15. The van der Waals surface area contributed by atoms with Gasteiger partial charge in [-0.05, 0) is 38.7 Å². The highest BCUT2D eigenvalue weighted by molar-refractivity contribution is 5.97. The third-order valence-electron chi connectivity index (χ3n) is 3.22. The van der Waals surface area contributed by atoms with Crippen molar-refractivity contribution in [3.8, 4) is 0 Å². The molecule has 4 heteroatoms. The topological polar surface area (TPSA) is 52.1 Å². The van der Waals surface area contributed by atoms with E-state index < -0.39 is 0 Å². The Balaban J connectivity index is 2.05. The molecule has 0 amide bonds. The number of aromatic nitrogens is 2. The molecule has 0 aliphatic carbocycles. The number of hydrogen-bond acceptors (Lipinski definition) is 4. The predicted octanol–water partition coefficient (Wildman–Crippen LogP) is 2.09. The van der Waals surface area contributed by atoms with Crippen molar-refractivity contribution in [2.75, 3.05) is 13.2 Å². The standard InChI is InChI=1S/C13H18N2O2/c1-9-7-12(10(2)15-14-9)13(16)8-11-3-5-17-6-4-11/h7,11H,3-6,8H2,1-2H3. The molecule has 92 valence electrons. The SMILES string of the molecule is Cc1cc(C(=O)CC2CCOCC2)c(C)nn1. The minimum atomic E-state index is 0.187. The largest absolute Gasteiger partial charge is 0.381 e. The lowest BCUT2D eigenvalue weighted by Gasteiger charge is -2.21. The molecule has 4 nitrogen and oxygen atoms in total. The van der Waals surface area contributed by atoms with Crippen molar-refractivity contribution < 1.29 is 9.53 Å². The van der Waals surface area contributed by atoms with Crippen molar-refractivity contribution in [3.05, 3.63) is 23.0 Å². The van der Waals surface area contributed by atoms with Gasteiger partial charge in [0.25, 0.3) is 0 Å². The summed E-state index contributed by atoms with van der Waals surface area (Å²) in [6, 6.07) is 1.84. The van der Waals surface area contributed by atoms with Crippen molar-refractivity contribution in [3.63, 3.8) is 0 Å². The zero-order valence-electron chi connectivity index (χ0n) is 10.4. The minimum Gasteiger partial charge on any atom is -0.381 e. The van der Waals surface area contributed by atoms with Crippen LogP contribution in [-0.4, -0.2) is 29.2 Å². The predicted molar refractivity (Wildman–Crippen MR) is 64.0 cm³/mol. The monoisotopic (exact) mass is 234 g/mol. The summed E-state index contributed by atoms with van der Waals surface area (Å²) in [4.78, 5) is 12.2. The highest BCUT2D eigenvalue weighted by atomic mass is 16.5. The first kappa shape index (κ1) is 12.2. The number of Topliss-reactive ketones (excluding diaryl/α,β-unsaturated/α-hetero) is 1. The average molecular weight is 234 g/mol. The summed E-state index contributed by atoms with van der Waals surface area (Å²) in [6.45, 7) is 5.26. The molecular formula is C13H18N2O2. The van der Waals surface area contributed by atoms with Gasteiger partial charge in [-0.15, -0.1) is 0 Å². The molecule has 1 aliphatic rings. The summed E-state index contributed by atoms with van der Waals surface area (Å²) in [5.74, 6) is 0.650. The van der Waals surface area contributed by atoms with E-state index in [1.807, 2.05) is 19.9 Å². The third kappa shape index (κ3) is 3.09. The number of nitrogens with zero attached hydrogens (tertiary/aromatic N) is 2. The number of carbonyl (C=O) groups excluding carboxylic acids is 1. The number of rotatable bonds is 3. The van der Waals surface area contributed by atoms with Crippen LogP contribution in [0.5, 0.6) is 0 Å². The van der Waals surface area contributed by atoms with Crippen LogP contribution in [0.3, 0.4) is 0 Å². The molecule has 2 rings (SSSR count). The van der Waals surface area contributed by atoms with E-state index in [-0.39, 0.29) is 5.78 Å². The summed E-state index contributed by atoms with van der Waals surface area (Å²) in [6.07, 6.45) is 2.58. The van der Waals surface area contributed by atoms with Crippen LogP contribution in [-0.2, 0) is 4.74 Å². The molecule has 0 aromatic carbocycles. The molecule has 1 aromatic heterocycles. The van der Waals surface area contributed by atoms with Gasteiger partial charge >= 0.3 is 0 Å². The van der Waals surface area contributed by atoms with Gasteiger partial charge in [-0.1, -0.05) is 0 Å². The Labute approximate surface area is 101 Å². The van der Waals surface area contributed by atoms with Crippen molar-refractivity contribution in [1.29, 1.82) is 0 Å². The molecule has 0 saturated carbocycles. The minimum absolute atomic E-state index is 0.187. The molecule has 0 bridgehead atoms. The first-order valence-corrected chi connectivity index (χ1v) is 6.08. The summed E-state index contributed by atoms with van der Waals surface area (Å²) < 4.78 is 5.30. The Bertz CT molecular complexity index is 412. The highest BCUT2D eigenvalue weighted by Gasteiger charge is 2.20. The zero-order chi connectivity index (χ0) is 12.3. The Kier molecular flexibility index (Phi) is 3.84. The molecule has 17 heavy (non-hydrogen) atoms. The first-order valence-electron chi connectivity index (χ1n) is 6.08. The van der Waals surface area contributed by atoms with Gasteiger partial charge in [0.2, 0.25) is 0 Å². The Morgan fingerprint density at radius 2 is 2.06 bits per heavy atom. The van der Waals surface area contributed by atoms with E-state index in [4.69, 9.17) is 4.74 Å². The molecule has 2 heterocycles. The molecular weight excluding hydrogens is 216 g/mol. The van der Waals surface area contributed by atoms with Crippen molar-refractivity contribution in [2.24, 2.45) is 5.92 Å². The van der Waals surface area contributed by atoms with Gasteiger partial charge in [-0.3, -0.25) is 4.79 Å². The molecule has 1 aromatic rings. The van der Waals surface area contributed by atoms with Crippen LogP contribution < -0.4 is 0 Å². The Hall–Kier alpha value is -1.29. The Morgan fingerprint density at radius 3 is 2.76 bits per heavy atom.